The molecule has 0 amide bonds. The molecule has 0 radical (unpaired) electrons. The number of hydrogen-bond acceptors (Lipinski definition) is 4. The van der Waals surface area contributed by atoms with Crippen molar-refractivity contribution in [3.05, 3.63) is 46.3 Å². The van der Waals surface area contributed by atoms with Gasteiger partial charge in [-0.1, -0.05) is 6.07 Å². The van der Waals surface area contributed by atoms with Gasteiger partial charge < -0.3 is 9.64 Å². The first-order chi connectivity index (χ1) is 10.0. The minimum Gasteiger partial charge on any atom is -0.369 e. The molecule has 0 saturated carbocycles. The molecule has 1 saturated heterocycles. The third-order valence-electron chi connectivity index (χ3n) is 3.33. The van der Waals surface area contributed by atoms with Gasteiger partial charge in [0.2, 0.25) is 0 Å². The number of alkyl halides is 3. The number of nitrogens with zero attached hydrogens (tertiary/aromatic N) is 2. The maximum atomic E-state index is 12.5. The molecule has 1 unspecified atom stereocenters. The van der Waals surface area contributed by atoms with Crippen LogP contribution in [0.15, 0.2) is 35.8 Å². The zero-order valence-corrected chi connectivity index (χ0v) is 11.8. The van der Waals surface area contributed by atoms with Crippen LogP contribution >= 0.6 is 11.3 Å². The second-order valence-corrected chi connectivity index (χ2v) is 5.70. The molecular formula is C14H13F3N2OS. The minimum absolute atomic E-state index is 0.0529. The Morgan fingerprint density at radius 3 is 2.76 bits per heavy atom. The molecule has 2 aromatic heterocycles. The molecule has 2 aromatic rings. The second-order valence-electron chi connectivity index (χ2n) is 4.72. The van der Waals surface area contributed by atoms with Crippen molar-refractivity contribution in [1.82, 2.24) is 4.98 Å². The Morgan fingerprint density at radius 1 is 1.29 bits per heavy atom. The lowest BCUT2D eigenvalue weighted by Crippen LogP contribution is -2.38. The molecule has 3 nitrogen and oxygen atoms in total. The van der Waals surface area contributed by atoms with Gasteiger partial charge in [0.05, 0.1) is 18.7 Å². The summed E-state index contributed by atoms with van der Waals surface area (Å²) < 4.78 is 43.3. The molecule has 0 aliphatic carbocycles. The van der Waals surface area contributed by atoms with Crippen molar-refractivity contribution in [3.63, 3.8) is 0 Å². The van der Waals surface area contributed by atoms with E-state index in [-0.39, 0.29) is 6.10 Å². The number of morpholine rings is 1. The molecule has 3 heterocycles. The van der Waals surface area contributed by atoms with Crippen LogP contribution in [0, 0.1) is 0 Å². The minimum atomic E-state index is -4.35. The highest BCUT2D eigenvalue weighted by atomic mass is 32.1. The molecule has 1 aliphatic rings. The van der Waals surface area contributed by atoms with Gasteiger partial charge in [-0.2, -0.15) is 13.2 Å². The highest BCUT2D eigenvalue weighted by Gasteiger charge is 2.31. The lowest BCUT2D eigenvalue weighted by Gasteiger charge is -2.33. The van der Waals surface area contributed by atoms with Crippen molar-refractivity contribution in [1.29, 1.82) is 0 Å². The summed E-state index contributed by atoms with van der Waals surface area (Å²) in [4.78, 5) is 7.01. The summed E-state index contributed by atoms with van der Waals surface area (Å²) in [5.74, 6) is 0.549. The number of rotatable bonds is 2. The van der Waals surface area contributed by atoms with Gasteiger partial charge >= 0.3 is 6.18 Å². The van der Waals surface area contributed by atoms with Crippen LogP contribution in [0.5, 0.6) is 0 Å². The first kappa shape index (κ1) is 14.3. The Hall–Kier alpha value is -1.60. The van der Waals surface area contributed by atoms with Crippen LogP contribution in [0.25, 0.3) is 0 Å². The third kappa shape index (κ3) is 3.19. The van der Waals surface area contributed by atoms with Crippen molar-refractivity contribution in [2.45, 2.75) is 12.3 Å². The average Bonchev–Trinajstić information content (AvgIpc) is 3.01. The van der Waals surface area contributed by atoms with Gasteiger partial charge in [-0.15, -0.1) is 11.3 Å². The van der Waals surface area contributed by atoms with Gasteiger partial charge in [0.25, 0.3) is 0 Å². The predicted octanol–water partition coefficient (Wildman–Crippen LogP) is 3.74. The predicted molar refractivity (Wildman–Crippen MR) is 74.5 cm³/mol. The van der Waals surface area contributed by atoms with Crippen molar-refractivity contribution >= 4 is 17.2 Å². The van der Waals surface area contributed by atoms with Gasteiger partial charge in [-0.3, -0.25) is 0 Å². The number of pyridine rings is 1. The first-order valence-corrected chi connectivity index (χ1v) is 7.35. The smallest absolute Gasteiger partial charge is 0.369 e. The topological polar surface area (TPSA) is 25.4 Å². The van der Waals surface area contributed by atoms with Crippen LogP contribution < -0.4 is 4.90 Å². The molecule has 112 valence electrons. The Balaban J connectivity index is 1.74. The number of anilines is 1. The van der Waals surface area contributed by atoms with E-state index in [0.717, 1.165) is 17.1 Å². The SMILES string of the molecule is FC(F)(F)c1ccc(N2CCOC(c3cccs3)C2)nc1. The zero-order valence-electron chi connectivity index (χ0n) is 11.0. The first-order valence-electron chi connectivity index (χ1n) is 6.47. The van der Waals surface area contributed by atoms with Gasteiger partial charge in [0, 0.05) is 17.6 Å². The van der Waals surface area contributed by atoms with E-state index in [2.05, 4.69) is 4.98 Å². The van der Waals surface area contributed by atoms with Crippen LogP contribution in [0.3, 0.4) is 0 Å². The molecular weight excluding hydrogens is 301 g/mol. The van der Waals surface area contributed by atoms with Crippen molar-refractivity contribution in [2.75, 3.05) is 24.6 Å². The van der Waals surface area contributed by atoms with E-state index < -0.39 is 11.7 Å². The van der Waals surface area contributed by atoms with E-state index in [0.29, 0.717) is 25.5 Å². The van der Waals surface area contributed by atoms with E-state index in [1.165, 1.54) is 6.07 Å². The number of halogens is 3. The lowest BCUT2D eigenvalue weighted by atomic mass is 10.2. The van der Waals surface area contributed by atoms with Gasteiger partial charge in [0.15, 0.2) is 0 Å². The van der Waals surface area contributed by atoms with E-state index in [9.17, 15) is 13.2 Å². The summed E-state index contributed by atoms with van der Waals surface area (Å²) in [7, 11) is 0. The maximum Gasteiger partial charge on any atom is 0.417 e. The van der Waals surface area contributed by atoms with Crippen LogP contribution in [-0.4, -0.2) is 24.7 Å². The summed E-state index contributed by atoms with van der Waals surface area (Å²) in [6.45, 7) is 1.75. The van der Waals surface area contributed by atoms with Crippen LogP contribution in [0.4, 0.5) is 19.0 Å². The third-order valence-corrected chi connectivity index (χ3v) is 4.29. The molecule has 0 aromatic carbocycles. The number of hydrogen-bond donors (Lipinski definition) is 0. The Bertz CT molecular complexity index is 583. The highest BCUT2D eigenvalue weighted by molar-refractivity contribution is 7.10. The molecule has 0 bridgehead atoms. The average molecular weight is 314 g/mol. The van der Waals surface area contributed by atoms with Crippen LogP contribution in [0.2, 0.25) is 0 Å². The summed E-state index contributed by atoms with van der Waals surface area (Å²) in [6, 6.07) is 6.44. The fourth-order valence-corrected chi connectivity index (χ4v) is 3.01. The van der Waals surface area contributed by atoms with Crippen LogP contribution in [-0.2, 0) is 10.9 Å². The number of aromatic nitrogens is 1. The Kier molecular flexibility index (Phi) is 3.86. The molecule has 1 fully saturated rings. The Morgan fingerprint density at radius 2 is 2.14 bits per heavy atom. The summed E-state index contributed by atoms with van der Waals surface area (Å²) >= 11 is 1.61. The fraction of sp³-hybridized carbons (Fsp3) is 0.357. The van der Waals surface area contributed by atoms with Crippen LogP contribution in [0.1, 0.15) is 16.5 Å². The summed E-state index contributed by atoms with van der Waals surface area (Å²) in [6.07, 6.45) is -3.52. The highest BCUT2D eigenvalue weighted by Crippen LogP contribution is 2.31. The largest absolute Gasteiger partial charge is 0.417 e. The van der Waals surface area contributed by atoms with E-state index in [4.69, 9.17) is 4.74 Å². The lowest BCUT2D eigenvalue weighted by molar-refractivity contribution is -0.137. The van der Waals surface area contributed by atoms with Gasteiger partial charge in [0.1, 0.15) is 11.9 Å². The van der Waals surface area contributed by atoms with E-state index >= 15 is 0 Å². The molecule has 21 heavy (non-hydrogen) atoms. The monoisotopic (exact) mass is 314 g/mol. The molecule has 7 heteroatoms. The van der Waals surface area contributed by atoms with Crippen molar-refractivity contribution in [3.8, 4) is 0 Å². The Labute approximate surface area is 124 Å². The second kappa shape index (κ2) is 5.65. The summed E-state index contributed by atoms with van der Waals surface area (Å²) in [5.41, 5.74) is -0.727. The van der Waals surface area contributed by atoms with Crippen molar-refractivity contribution < 1.29 is 17.9 Å². The molecule has 0 N–H and O–H groups in total. The standard InChI is InChI=1S/C14H13F3N2OS/c15-14(16,17)10-3-4-13(18-8-10)19-5-6-20-11(9-19)12-2-1-7-21-12/h1-4,7-8,11H,5-6,9H2. The normalized spacial score (nSPS) is 19.8. The molecule has 1 aliphatic heterocycles. The van der Waals surface area contributed by atoms with Gasteiger partial charge in [-0.05, 0) is 23.6 Å². The molecule has 1 atom stereocenters. The van der Waals surface area contributed by atoms with E-state index in [1.807, 2.05) is 22.4 Å². The zero-order chi connectivity index (χ0) is 14.9. The fourth-order valence-electron chi connectivity index (χ4n) is 2.24. The number of ether oxygens (including phenoxy) is 1. The van der Waals surface area contributed by atoms with E-state index in [1.54, 1.807) is 11.3 Å². The van der Waals surface area contributed by atoms with Gasteiger partial charge in [-0.25, -0.2) is 4.98 Å². The molecule has 0 spiro atoms. The maximum absolute atomic E-state index is 12.5. The molecule has 3 rings (SSSR count). The summed E-state index contributed by atoms with van der Waals surface area (Å²) in [5, 5.41) is 1.98. The van der Waals surface area contributed by atoms with Crippen molar-refractivity contribution in [2.24, 2.45) is 0 Å². The quantitative estimate of drug-likeness (QED) is 0.844. The number of thiophene rings is 1.